The third-order valence-corrected chi connectivity index (χ3v) is 3.45. The fraction of sp³-hybridized carbons (Fsp3) is 0.833. The van der Waals surface area contributed by atoms with E-state index in [9.17, 15) is 0 Å². The van der Waals surface area contributed by atoms with Gasteiger partial charge in [0.25, 0.3) is 0 Å². The Morgan fingerprint density at radius 2 is 2.14 bits per heavy atom. The molecule has 1 saturated carbocycles. The zero-order valence-electron chi connectivity index (χ0n) is 9.41. The largest absolute Gasteiger partial charge is 0.330 e. The number of rotatable bonds is 6. The molecule has 82 valence electrons. The fourth-order valence-electron chi connectivity index (χ4n) is 2.51. The summed E-state index contributed by atoms with van der Waals surface area (Å²) in [5.41, 5.74) is 5.78. The van der Waals surface area contributed by atoms with E-state index in [1.807, 2.05) is 6.08 Å². The van der Waals surface area contributed by atoms with Crippen LogP contribution in [0.15, 0.2) is 12.7 Å². The molecule has 0 radical (unpaired) electrons. The highest BCUT2D eigenvalue weighted by atomic mass is 15.1. The maximum atomic E-state index is 5.78. The van der Waals surface area contributed by atoms with Crippen LogP contribution in [0.4, 0.5) is 0 Å². The first-order valence-corrected chi connectivity index (χ1v) is 5.85. The summed E-state index contributed by atoms with van der Waals surface area (Å²) in [6, 6.07) is 0. The number of nitrogens with two attached hydrogens (primary N) is 1. The van der Waals surface area contributed by atoms with E-state index in [1.54, 1.807) is 0 Å². The van der Waals surface area contributed by atoms with Crippen molar-refractivity contribution in [1.82, 2.24) is 4.90 Å². The van der Waals surface area contributed by atoms with Gasteiger partial charge in [0.05, 0.1) is 0 Å². The van der Waals surface area contributed by atoms with Crippen molar-refractivity contribution in [2.24, 2.45) is 17.6 Å². The third-order valence-electron chi connectivity index (χ3n) is 3.45. The van der Waals surface area contributed by atoms with E-state index in [2.05, 4.69) is 18.4 Å². The lowest BCUT2D eigenvalue weighted by Gasteiger charge is -2.26. The van der Waals surface area contributed by atoms with E-state index in [-0.39, 0.29) is 0 Å². The second kappa shape index (κ2) is 6.20. The van der Waals surface area contributed by atoms with Crippen molar-refractivity contribution in [1.29, 1.82) is 0 Å². The first kappa shape index (κ1) is 11.7. The molecule has 2 nitrogen and oxygen atoms in total. The van der Waals surface area contributed by atoms with Crippen LogP contribution in [0.25, 0.3) is 0 Å². The third kappa shape index (κ3) is 3.10. The molecule has 0 heterocycles. The van der Waals surface area contributed by atoms with Gasteiger partial charge in [-0.05, 0) is 37.8 Å². The monoisotopic (exact) mass is 196 g/mol. The number of nitrogens with zero attached hydrogens (tertiary/aromatic N) is 1. The minimum Gasteiger partial charge on any atom is -0.330 e. The Labute approximate surface area is 88.2 Å². The van der Waals surface area contributed by atoms with E-state index in [4.69, 9.17) is 5.73 Å². The summed E-state index contributed by atoms with van der Waals surface area (Å²) in [5.74, 6) is 1.61. The Hall–Kier alpha value is -0.340. The Bertz CT molecular complexity index is 168. The minimum atomic E-state index is 0.772. The molecular weight excluding hydrogens is 172 g/mol. The van der Waals surface area contributed by atoms with Crippen LogP contribution in [0.3, 0.4) is 0 Å². The van der Waals surface area contributed by atoms with Gasteiger partial charge in [0.1, 0.15) is 0 Å². The molecule has 0 amide bonds. The van der Waals surface area contributed by atoms with Crippen molar-refractivity contribution < 1.29 is 0 Å². The predicted octanol–water partition coefficient (Wildman–Crippen LogP) is 1.87. The lowest BCUT2D eigenvalue weighted by Crippen LogP contribution is -2.33. The topological polar surface area (TPSA) is 29.3 Å². The maximum absolute atomic E-state index is 5.78. The van der Waals surface area contributed by atoms with Gasteiger partial charge in [-0.1, -0.05) is 19.4 Å². The fourth-order valence-corrected chi connectivity index (χ4v) is 2.51. The van der Waals surface area contributed by atoms with Gasteiger partial charge in [-0.25, -0.2) is 0 Å². The lowest BCUT2D eigenvalue weighted by molar-refractivity contribution is 0.233. The Morgan fingerprint density at radius 3 is 2.71 bits per heavy atom. The summed E-state index contributed by atoms with van der Waals surface area (Å²) in [7, 11) is 0. The Morgan fingerprint density at radius 1 is 1.43 bits per heavy atom. The average Bonchev–Trinajstić information content (AvgIpc) is 2.64. The normalized spacial score (nSPS) is 27.1. The van der Waals surface area contributed by atoms with Gasteiger partial charge in [-0.3, -0.25) is 4.90 Å². The zero-order valence-corrected chi connectivity index (χ0v) is 9.41. The lowest BCUT2D eigenvalue weighted by atomic mass is 9.95. The number of hydrogen-bond acceptors (Lipinski definition) is 2. The molecule has 1 fully saturated rings. The van der Waals surface area contributed by atoms with E-state index in [0.717, 1.165) is 31.5 Å². The molecule has 2 unspecified atom stereocenters. The van der Waals surface area contributed by atoms with Crippen LogP contribution in [-0.4, -0.2) is 31.1 Å². The minimum absolute atomic E-state index is 0.772. The van der Waals surface area contributed by atoms with Gasteiger partial charge in [0.2, 0.25) is 0 Å². The molecule has 0 aromatic rings. The summed E-state index contributed by atoms with van der Waals surface area (Å²) in [4.78, 5) is 2.46. The zero-order chi connectivity index (χ0) is 10.4. The van der Waals surface area contributed by atoms with E-state index >= 15 is 0 Å². The molecule has 0 aromatic carbocycles. The molecule has 0 aliphatic heterocycles. The summed E-state index contributed by atoms with van der Waals surface area (Å²) in [6.07, 6.45) is 6.08. The molecule has 2 atom stereocenters. The SMILES string of the molecule is C=CCN(CC)CC1CCCC1CN. The number of hydrogen-bond donors (Lipinski definition) is 1. The highest BCUT2D eigenvalue weighted by Crippen LogP contribution is 2.31. The van der Waals surface area contributed by atoms with E-state index in [1.165, 1.54) is 25.8 Å². The van der Waals surface area contributed by atoms with Crippen molar-refractivity contribution in [3.63, 3.8) is 0 Å². The molecule has 0 bridgehead atoms. The maximum Gasteiger partial charge on any atom is 0.0160 e. The first-order valence-electron chi connectivity index (χ1n) is 5.85. The molecule has 2 heteroatoms. The van der Waals surface area contributed by atoms with Crippen LogP contribution in [0.5, 0.6) is 0 Å². The Balaban J connectivity index is 2.36. The van der Waals surface area contributed by atoms with Crippen molar-refractivity contribution in [2.45, 2.75) is 26.2 Å². The van der Waals surface area contributed by atoms with Crippen molar-refractivity contribution >= 4 is 0 Å². The summed E-state index contributed by atoms with van der Waals surface area (Å²) >= 11 is 0. The van der Waals surface area contributed by atoms with Crippen molar-refractivity contribution in [3.05, 3.63) is 12.7 Å². The van der Waals surface area contributed by atoms with E-state index < -0.39 is 0 Å². The van der Waals surface area contributed by atoms with Gasteiger partial charge < -0.3 is 5.73 Å². The molecule has 1 aliphatic rings. The van der Waals surface area contributed by atoms with Crippen LogP contribution in [0.2, 0.25) is 0 Å². The van der Waals surface area contributed by atoms with Gasteiger partial charge in [0, 0.05) is 13.1 Å². The van der Waals surface area contributed by atoms with Crippen LogP contribution >= 0.6 is 0 Å². The van der Waals surface area contributed by atoms with Crippen molar-refractivity contribution in [3.8, 4) is 0 Å². The standard InChI is InChI=1S/C12H24N2/c1-3-8-14(4-2)10-12-7-5-6-11(12)9-13/h3,11-12H,1,4-10,13H2,2H3. The summed E-state index contributed by atoms with van der Waals surface area (Å²) < 4.78 is 0. The second-order valence-corrected chi connectivity index (χ2v) is 4.33. The average molecular weight is 196 g/mol. The van der Waals surface area contributed by atoms with Crippen molar-refractivity contribution in [2.75, 3.05) is 26.2 Å². The molecule has 0 saturated heterocycles. The van der Waals surface area contributed by atoms with E-state index in [0.29, 0.717) is 0 Å². The molecule has 0 spiro atoms. The smallest absolute Gasteiger partial charge is 0.0160 e. The Kier molecular flexibility index (Phi) is 5.20. The first-order chi connectivity index (χ1) is 6.81. The summed E-state index contributed by atoms with van der Waals surface area (Å²) in [5, 5.41) is 0. The number of likely N-dealkylation sites (N-methyl/N-ethyl adjacent to an activating group) is 1. The highest BCUT2D eigenvalue weighted by molar-refractivity contribution is 4.82. The predicted molar refractivity (Wildman–Crippen MR) is 62.2 cm³/mol. The van der Waals surface area contributed by atoms with Crippen LogP contribution in [-0.2, 0) is 0 Å². The summed E-state index contributed by atoms with van der Waals surface area (Å²) in [6.45, 7) is 10.2. The second-order valence-electron chi connectivity index (χ2n) is 4.33. The quantitative estimate of drug-likeness (QED) is 0.657. The van der Waals surface area contributed by atoms with Gasteiger partial charge >= 0.3 is 0 Å². The molecule has 1 rings (SSSR count). The molecule has 1 aliphatic carbocycles. The molecule has 14 heavy (non-hydrogen) atoms. The molecular formula is C12H24N2. The van der Waals surface area contributed by atoms with Gasteiger partial charge in [0.15, 0.2) is 0 Å². The highest BCUT2D eigenvalue weighted by Gasteiger charge is 2.26. The molecule has 0 aromatic heterocycles. The van der Waals surface area contributed by atoms with Crippen LogP contribution in [0, 0.1) is 11.8 Å². The van der Waals surface area contributed by atoms with Crippen LogP contribution < -0.4 is 5.73 Å². The molecule has 2 N–H and O–H groups in total. The van der Waals surface area contributed by atoms with Crippen LogP contribution in [0.1, 0.15) is 26.2 Å². The van der Waals surface area contributed by atoms with Gasteiger partial charge in [-0.2, -0.15) is 0 Å². The van der Waals surface area contributed by atoms with Gasteiger partial charge in [-0.15, -0.1) is 6.58 Å².